The number of aryl methyl sites for hydroxylation is 1. The molecular formula is C23H21FN4OS. The number of hydrogen-bond donors (Lipinski definition) is 1. The van der Waals surface area contributed by atoms with Gasteiger partial charge in [-0.25, -0.2) is 9.37 Å². The molecule has 4 aromatic rings. The number of halogens is 1. The van der Waals surface area contributed by atoms with Crippen LogP contribution in [0.25, 0.3) is 21.3 Å². The van der Waals surface area contributed by atoms with E-state index in [2.05, 4.69) is 28.9 Å². The number of thiophene rings is 1. The lowest BCUT2D eigenvalue weighted by atomic mass is 10.1. The van der Waals surface area contributed by atoms with Crippen LogP contribution in [0.4, 0.5) is 16.0 Å². The molecule has 0 saturated carbocycles. The van der Waals surface area contributed by atoms with Gasteiger partial charge < -0.3 is 9.80 Å². The summed E-state index contributed by atoms with van der Waals surface area (Å²) in [5.41, 5.74) is 4.46. The third-order valence-corrected chi connectivity index (χ3v) is 6.48. The normalized spacial score (nSPS) is 14.5. The molecule has 0 radical (unpaired) electrons. The Hall–Kier alpha value is -3.19. The van der Waals surface area contributed by atoms with E-state index in [1.165, 1.54) is 23.0 Å². The van der Waals surface area contributed by atoms with Gasteiger partial charge in [0.05, 0.1) is 11.2 Å². The van der Waals surface area contributed by atoms with Crippen LogP contribution in [0, 0.1) is 12.7 Å². The Morgan fingerprint density at radius 1 is 1.03 bits per heavy atom. The second kappa shape index (κ2) is 7.57. The molecule has 30 heavy (non-hydrogen) atoms. The summed E-state index contributed by atoms with van der Waals surface area (Å²) < 4.78 is 14.7. The molecule has 0 amide bonds. The largest absolute Gasteiger partial charge is 0.366 e. The number of rotatable bonds is 3. The Bertz CT molecular complexity index is 1270. The van der Waals surface area contributed by atoms with Crippen LogP contribution in [0.1, 0.15) is 5.56 Å². The maximum atomic E-state index is 14.1. The van der Waals surface area contributed by atoms with Crippen molar-refractivity contribution >= 4 is 33.2 Å². The van der Waals surface area contributed by atoms with Crippen LogP contribution in [0.2, 0.25) is 0 Å². The second-order valence-corrected chi connectivity index (χ2v) is 8.39. The third-order valence-electron chi connectivity index (χ3n) is 5.52. The standard InChI is InChI=1S/C23H21FN4OS/c1-15-5-4-6-16(13-15)17-14-30-21-20(17)25-23(26-22(21)29)28-11-9-27(10-12-28)19-8-3-2-7-18(19)24/h2-8,13-14H,9-12H2,1H3,(H,25,26,29). The summed E-state index contributed by atoms with van der Waals surface area (Å²) in [4.78, 5) is 24.6. The van der Waals surface area contributed by atoms with E-state index in [4.69, 9.17) is 4.98 Å². The number of benzene rings is 2. The number of aromatic amines is 1. The first kappa shape index (κ1) is 18.8. The van der Waals surface area contributed by atoms with Crippen LogP contribution >= 0.6 is 11.3 Å². The number of para-hydroxylation sites is 1. The molecule has 1 aliphatic rings. The van der Waals surface area contributed by atoms with Crippen molar-refractivity contribution in [3.63, 3.8) is 0 Å². The Labute approximate surface area is 177 Å². The van der Waals surface area contributed by atoms with Gasteiger partial charge in [0.2, 0.25) is 5.95 Å². The zero-order valence-corrected chi connectivity index (χ0v) is 17.4. The first-order valence-corrected chi connectivity index (χ1v) is 10.8. The molecular weight excluding hydrogens is 399 g/mol. The lowest BCUT2D eigenvalue weighted by molar-refractivity contribution is 0.594. The summed E-state index contributed by atoms with van der Waals surface area (Å²) in [6.45, 7) is 4.70. The van der Waals surface area contributed by atoms with Gasteiger partial charge in [0.25, 0.3) is 5.56 Å². The molecule has 1 saturated heterocycles. The first-order valence-electron chi connectivity index (χ1n) is 9.93. The van der Waals surface area contributed by atoms with Crippen LogP contribution < -0.4 is 15.4 Å². The van der Waals surface area contributed by atoms with E-state index in [0.717, 1.165) is 16.6 Å². The molecule has 0 atom stereocenters. The predicted octanol–water partition coefficient (Wildman–Crippen LogP) is 4.43. The molecule has 3 heterocycles. The fourth-order valence-electron chi connectivity index (χ4n) is 3.95. The van der Waals surface area contributed by atoms with Gasteiger partial charge in [0, 0.05) is 37.1 Å². The smallest absolute Gasteiger partial charge is 0.270 e. The highest BCUT2D eigenvalue weighted by Gasteiger charge is 2.22. The number of H-pyrrole nitrogens is 1. The summed E-state index contributed by atoms with van der Waals surface area (Å²) in [7, 11) is 0. The number of nitrogens with zero attached hydrogens (tertiary/aromatic N) is 3. The summed E-state index contributed by atoms with van der Waals surface area (Å²) >= 11 is 1.42. The van der Waals surface area contributed by atoms with Crippen molar-refractivity contribution in [1.82, 2.24) is 9.97 Å². The number of piperazine rings is 1. The van der Waals surface area contributed by atoms with E-state index in [9.17, 15) is 9.18 Å². The fourth-order valence-corrected chi connectivity index (χ4v) is 4.86. The lowest BCUT2D eigenvalue weighted by Gasteiger charge is -2.36. The molecule has 5 rings (SSSR count). The van der Waals surface area contributed by atoms with Gasteiger partial charge in [-0.2, -0.15) is 0 Å². The molecule has 2 aromatic heterocycles. The zero-order chi connectivity index (χ0) is 20.7. The average Bonchev–Trinajstić information content (AvgIpc) is 3.19. The Kier molecular flexibility index (Phi) is 4.75. The van der Waals surface area contributed by atoms with Crippen molar-refractivity contribution < 1.29 is 4.39 Å². The van der Waals surface area contributed by atoms with E-state index in [1.54, 1.807) is 12.1 Å². The van der Waals surface area contributed by atoms with Gasteiger partial charge in [-0.1, -0.05) is 42.0 Å². The van der Waals surface area contributed by atoms with E-state index >= 15 is 0 Å². The number of aromatic nitrogens is 2. The average molecular weight is 421 g/mol. The monoisotopic (exact) mass is 420 g/mol. The number of hydrogen-bond acceptors (Lipinski definition) is 5. The van der Waals surface area contributed by atoms with Gasteiger partial charge in [-0.15, -0.1) is 11.3 Å². The minimum atomic E-state index is -0.208. The molecule has 0 unspecified atom stereocenters. The van der Waals surface area contributed by atoms with Gasteiger partial charge >= 0.3 is 0 Å². The van der Waals surface area contributed by atoms with Crippen molar-refractivity contribution in [3.8, 4) is 11.1 Å². The Balaban J connectivity index is 1.45. The predicted molar refractivity (Wildman–Crippen MR) is 121 cm³/mol. The van der Waals surface area contributed by atoms with Crippen LogP contribution in [0.15, 0.2) is 58.7 Å². The van der Waals surface area contributed by atoms with Crippen LogP contribution in [-0.4, -0.2) is 36.1 Å². The van der Waals surface area contributed by atoms with Crippen LogP contribution in [0.5, 0.6) is 0 Å². The molecule has 5 nitrogen and oxygen atoms in total. The molecule has 1 aliphatic heterocycles. The van der Waals surface area contributed by atoms with Gasteiger partial charge in [-0.3, -0.25) is 9.78 Å². The number of fused-ring (bicyclic) bond motifs is 1. The molecule has 1 fully saturated rings. The molecule has 1 N–H and O–H groups in total. The van der Waals surface area contributed by atoms with Crippen molar-refractivity contribution in [1.29, 1.82) is 0 Å². The van der Waals surface area contributed by atoms with E-state index < -0.39 is 0 Å². The minimum absolute atomic E-state index is 0.115. The van der Waals surface area contributed by atoms with Crippen molar-refractivity contribution in [2.75, 3.05) is 36.0 Å². The fraction of sp³-hybridized carbons (Fsp3) is 0.217. The Morgan fingerprint density at radius 2 is 1.80 bits per heavy atom. The van der Waals surface area contributed by atoms with E-state index in [1.807, 2.05) is 28.5 Å². The van der Waals surface area contributed by atoms with Crippen molar-refractivity contribution in [3.05, 3.63) is 75.6 Å². The third kappa shape index (κ3) is 3.35. The maximum Gasteiger partial charge on any atom is 0.270 e. The molecule has 0 spiro atoms. The highest BCUT2D eigenvalue weighted by atomic mass is 32.1. The Morgan fingerprint density at radius 3 is 2.57 bits per heavy atom. The first-order chi connectivity index (χ1) is 14.6. The highest BCUT2D eigenvalue weighted by molar-refractivity contribution is 7.17. The van der Waals surface area contributed by atoms with Gasteiger partial charge in [0.15, 0.2) is 0 Å². The van der Waals surface area contributed by atoms with Gasteiger partial charge in [-0.05, 0) is 24.6 Å². The molecule has 0 bridgehead atoms. The highest BCUT2D eigenvalue weighted by Crippen LogP contribution is 2.32. The summed E-state index contributed by atoms with van der Waals surface area (Å²) in [6.07, 6.45) is 0. The zero-order valence-electron chi connectivity index (χ0n) is 16.6. The lowest BCUT2D eigenvalue weighted by Crippen LogP contribution is -2.47. The summed E-state index contributed by atoms with van der Waals surface area (Å²) in [5.74, 6) is 0.368. The topological polar surface area (TPSA) is 52.2 Å². The summed E-state index contributed by atoms with van der Waals surface area (Å²) in [6, 6.07) is 15.1. The van der Waals surface area contributed by atoms with E-state index in [-0.39, 0.29) is 11.4 Å². The summed E-state index contributed by atoms with van der Waals surface area (Å²) in [5, 5.41) is 2.00. The maximum absolute atomic E-state index is 14.1. The number of nitrogens with one attached hydrogen (secondary N) is 1. The van der Waals surface area contributed by atoms with Gasteiger partial charge in [0.1, 0.15) is 10.5 Å². The molecule has 7 heteroatoms. The quantitative estimate of drug-likeness (QED) is 0.533. The minimum Gasteiger partial charge on any atom is -0.366 e. The molecule has 152 valence electrons. The van der Waals surface area contributed by atoms with Crippen molar-refractivity contribution in [2.24, 2.45) is 0 Å². The van der Waals surface area contributed by atoms with Crippen molar-refractivity contribution in [2.45, 2.75) is 6.92 Å². The number of anilines is 2. The second-order valence-electron chi connectivity index (χ2n) is 7.51. The van der Waals surface area contributed by atoms with Crippen LogP contribution in [-0.2, 0) is 0 Å². The van der Waals surface area contributed by atoms with E-state index in [0.29, 0.717) is 42.5 Å². The van der Waals surface area contributed by atoms with Crippen LogP contribution in [0.3, 0.4) is 0 Å². The molecule has 0 aliphatic carbocycles. The SMILES string of the molecule is Cc1cccc(-c2csc3c(=O)[nH]c(N4CCN(c5ccccc5F)CC4)nc23)c1. The molecule has 2 aromatic carbocycles.